The molecule has 2 atom stereocenters. The predicted molar refractivity (Wildman–Crippen MR) is 95.3 cm³/mol. The first-order chi connectivity index (χ1) is 11.7. The molecular formula is C19H24ClN3O. The summed E-state index contributed by atoms with van der Waals surface area (Å²) < 4.78 is 8.12. The quantitative estimate of drug-likeness (QED) is 0.915. The van der Waals surface area contributed by atoms with Crippen molar-refractivity contribution in [1.29, 1.82) is 0 Å². The number of nitrogens with one attached hydrogen (secondary N) is 1. The molecule has 0 unspecified atom stereocenters. The van der Waals surface area contributed by atoms with E-state index in [1.807, 2.05) is 31.6 Å². The van der Waals surface area contributed by atoms with Crippen LogP contribution in [-0.4, -0.2) is 28.2 Å². The van der Waals surface area contributed by atoms with Crippen molar-refractivity contribution in [1.82, 2.24) is 14.9 Å². The highest BCUT2D eigenvalue weighted by molar-refractivity contribution is 6.30. The summed E-state index contributed by atoms with van der Waals surface area (Å²) in [6.07, 6.45) is 8.55. The van der Waals surface area contributed by atoms with Crippen molar-refractivity contribution in [2.75, 3.05) is 6.61 Å². The minimum absolute atomic E-state index is 0.0633. The van der Waals surface area contributed by atoms with Crippen molar-refractivity contribution in [3.05, 3.63) is 53.1 Å². The Balaban J connectivity index is 1.37. The molecule has 1 aromatic carbocycles. The molecule has 1 aliphatic carbocycles. The third-order valence-electron chi connectivity index (χ3n) is 5.36. The smallest absolute Gasteiger partial charge is 0.139 e. The van der Waals surface area contributed by atoms with E-state index in [9.17, 15) is 0 Å². The van der Waals surface area contributed by atoms with Gasteiger partial charge in [0.1, 0.15) is 11.9 Å². The summed E-state index contributed by atoms with van der Waals surface area (Å²) in [6, 6.07) is 9.22. The maximum absolute atomic E-state index is 6.05. The van der Waals surface area contributed by atoms with Gasteiger partial charge in [-0.2, -0.15) is 0 Å². The normalized spacial score (nSPS) is 30.1. The van der Waals surface area contributed by atoms with Crippen molar-refractivity contribution in [3.8, 4) is 0 Å². The van der Waals surface area contributed by atoms with E-state index in [0.717, 1.165) is 30.3 Å². The maximum Gasteiger partial charge on any atom is 0.139 e. The van der Waals surface area contributed by atoms with Gasteiger partial charge in [0.2, 0.25) is 0 Å². The lowest BCUT2D eigenvalue weighted by atomic mass is 9.75. The summed E-state index contributed by atoms with van der Waals surface area (Å²) in [4.78, 5) is 4.50. The summed E-state index contributed by atoms with van der Waals surface area (Å²) in [5, 5.41) is 4.64. The van der Waals surface area contributed by atoms with E-state index in [1.54, 1.807) is 0 Å². The number of aryl methyl sites for hydroxylation is 1. The molecule has 1 N–H and O–H groups in total. The molecule has 5 heteroatoms. The minimum Gasteiger partial charge on any atom is -0.369 e. The highest BCUT2D eigenvalue weighted by Crippen LogP contribution is 2.39. The average Bonchev–Trinajstić information content (AvgIpc) is 2.98. The van der Waals surface area contributed by atoms with Crippen LogP contribution < -0.4 is 5.32 Å². The van der Waals surface area contributed by atoms with Gasteiger partial charge in [-0.1, -0.05) is 23.7 Å². The van der Waals surface area contributed by atoms with Crippen molar-refractivity contribution >= 4 is 11.6 Å². The second kappa shape index (κ2) is 6.87. The number of hydrogen-bond donors (Lipinski definition) is 1. The molecule has 2 aliphatic rings. The van der Waals surface area contributed by atoms with Crippen LogP contribution in [0.25, 0.3) is 0 Å². The van der Waals surface area contributed by atoms with Gasteiger partial charge in [0.15, 0.2) is 0 Å². The van der Waals surface area contributed by atoms with E-state index in [4.69, 9.17) is 16.3 Å². The van der Waals surface area contributed by atoms with Gasteiger partial charge < -0.3 is 14.6 Å². The van der Waals surface area contributed by atoms with Crippen LogP contribution in [0.3, 0.4) is 0 Å². The van der Waals surface area contributed by atoms with Crippen molar-refractivity contribution in [3.63, 3.8) is 0 Å². The number of benzene rings is 1. The van der Waals surface area contributed by atoms with Gasteiger partial charge in [-0.05, 0) is 49.3 Å². The van der Waals surface area contributed by atoms with Gasteiger partial charge in [-0.15, -0.1) is 0 Å². The molecular weight excluding hydrogens is 322 g/mol. The van der Waals surface area contributed by atoms with Crippen LogP contribution in [0.15, 0.2) is 36.7 Å². The zero-order chi connectivity index (χ0) is 16.5. The van der Waals surface area contributed by atoms with E-state index in [-0.39, 0.29) is 6.10 Å². The van der Waals surface area contributed by atoms with Crippen molar-refractivity contribution in [2.45, 2.75) is 49.8 Å². The number of imidazole rings is 1. The van der Waals surface area contributed by atoms with Crippen LogP contribution in [0.2, 0.25) is 5.02 Å². The zero-order valence-corrected chi connectivity index (χ0v) is 14.7. The van der Waals surface area contributed by atoms with Gasteiger partial charge in [0.05, 0.1) is 0 Å². The molecule has 24 heavy (non-hydrogen) atoms. The number of ether oxygens (including phenoxy) is 1. The predicted octanol–water partition coefficient (Wildman–Crippen LogP) is 3.83. The third kappa shape index (κ3) is 3.23. The fourth-order valence-corrected chi connectivity index (χ4v) is 4.05. The summed E-state index contributed by atoms with van der Waals surface area (Å²) in [6.45, 7) is 0.827. The fourth-order valence-electron chi connectivity index (χ4n) is 3.92. The average molecular weight is 346 g/mol. The maximum atomic E-state index is 6.05. The Kier molecular flexibility index (Phi) is 4.61. The lowest BCUT2D eigenvalue weighted by Crippen LogP contribution is -2.50. The van der Waals surface area contributed by atoms with Crippen LogP contribution in [-0.2, 0) is 11.8 Å². The van der Waals surface area contributed by atoms with E-state index < -0.39 is 0 Å². The minimum atomic E-state index is 0.0633. The monoisotopic (exact) mass is 345 g/mol. The first-order valence-corrected chi connectivity index (χ1v) is 9.19. The largest absolute Gasteiger partial charge is 0.369 e. The molecule has 0 spiro atoms. The molecule has 1 saturated carbocycles. The highest BCUT2D eigenvalue weighted by atomic mass is 35.5. The lowest BCUT2D eigenvalue weighted by Gasteiger charge is -2.41. The van der Waals surface area contributed by atoms with Crippen molar-refractivity contribution in [2.24, 2.45) is 7.05 Å². The van der Waals surface area contributed by atoms with Gasteiger partial charge in [-0.25, -0.2) is 4.98 Å². The van der Waals surface area contributed by atoms with Crippen LogP contribution in [0, 0.1) is 0 Å². The van der Waals surface area contributed by atoms with Gasteiger partial charge in [0.25, 0.3) is 0 Å². The van der Waals surface area contributed by atoms with E-state index >= 15 is 0 Å². The highest BCUT2D eigenvalue weighted by Gasteiger charge is 2.36. The SMILES string of the molecule is Cn1ccnc1[C@H]1OCCC[C@@H]1NC1CC(c2ccc(Cl)cc2)C1. The standard InChI is InChI=1S/C19H24ClN3O/c1-23-9-8-21-19(23)18-17(3-2-10-24-18)22-16-11-14(12-16)13-4-6-15(20)7-5-13/h4-9,14,16-18,22H,2-3,10-12H2,1H3/t14?,16?,17-,18-/m0/s1. The van der Waals surface area contributed by atoms with Crippen LogP contribution in [0.1, 0.15) is 49.1 Å². The molecule has 4 rings (SSSR count). The molecule has 0 bridgehead atoms. The lowest BCUT2D eigenvalue weighted by molar-refractivity contribution is -0.0240. The second-order valence-corrected chi connectivity index (χ2v) is 7.46. The Bertz CT molecular complexity index is 678. The number of nitrogens with zero attached hydrogens (tertiary/aromatic N) is 2. The Morgan fingerprint density at radius 3 is 2.75 bits per heavy atom. The molecule has 1 aromatic heterocycles. The molecule has 2 aromatic rings. The van der Waals surface area contributed by atoms with E-state index in [0.29, 0.717) is 18.0 Å². The molecule has 1 aliphatic heterocycles. The molecule has 1 saturated heterocycles. The molecule has 2 heterocycles. The molecule has 0 amide bonds. The Labute approximate surface area is 148 Å². The summed E-state index contributed by atoms with van der Waals surface area (Å²) in [5.74, 6) is 1.68. The third-order valence-corrected chi connectivity index (χ3v) is 5.62. The van der Waals surface area contributed by atoms with Crippen LogP contribution in [0.4, 0.5) is 0 Å². The zero-order valence-electron chi connectivity index (χ0n) is 14.0. The summed E-state index contributed by atoms with van der Waals surface area (Å²) in [7, 11) is 2.04. The molecule has 0 radical (unpaired) electrons. The van der Waals surface area contributed by atoms with Gasteiger partial charge in [-0.3, -0.25) is 0 Å². The number of halogens is 1. The van der Waals surface area contributed by atoms with Gasteiger partial charge in [0, 0.05) is 43.2 Å². The molecule has 128 valence electrons. The first-order valence-electron chi connectivity index (χ1n) is 8.81. The Morgan fingerprint density at radius 1 is 1.25 bits per heavy atom. The summed E-state index contributed by atoms with van der Waals surface area (Å²) >= 11 is 5.98. The number of rotatable bonds is 4. The van der Waals surface area contributed by atoms with Crippen LogP contribution >= 0.6 is 11.6 Å². The summed E-state index contributed by atoms with van der Waals surface area (Å²) in [5.41, 5.74) is 1.40. The molecule has 4 nitrogen and oxygen atoms in total. The van der Waals surface area contributed by atoms with Gasteiger partial charge >= 0.3 is 0 Å². The number of hydrogen-bond acceptors (Lipinski definition) is 3. The first kappa shape index (κ1) is 16.1. The molecule has 2 fully saturated rings. The Morgan fingerprint density at radius 2 is 2.04 bits per heavy atom. The van der Waals surface area contributed by atoms with E-state index in [2.05, 4.69) is 27.0 Å². The van der Waals surface area contributed by atoms with E-state index in [1.165, 1.54) is 18.4 Å². The second-order valence-electron chi connectivity index (χ2n) is 7.02. The van der Waals surface area contributed by atoms with Crippen molar-refractivity contribution < 1.29 is 4.74 Å². The number of aromatic nitrogens is 2. The van der Waals surface area contributed by atoms with Crippen LogP contribution in [0.5, 0.6) is 0 Å². The fraction of sp³-hybridized carbons (Fsp3) is 0.526. The topological polar surface area (TPSA) is 39.1 Å². The Hall–Kier alpha value is -1.36.